The van der Waals surface area contributed by atoms with Gasteiger partial charge in [-0.05, 0) is 80.2 Å². The first-order valence-electron chi connectivity index (χ1n) is 14.1. The zero-order valence-electron chi connectivity index (χ0n) is 22.9. The van der Waals surface area contributed by atoms with Gasteiger partial charge in [-0.3, -0.25) is 4.98 Å². The molecule has 2 aliphatic rings. The van der Waals surface area contributed by atoms with Gasteiger partial charge in [0, 0.05) is 26.0 Å². The van der Waals surface area contributed by atoms with E-state index in [1.54, 1.807) is 0 Å². The molecular formula is C32H44IrNO3-. The van der Waals surface area contributed by atoms with Crippen molar-refractivity contribution in [2.75, 3.05) is 0 Å². The van der Waals surface area contributed by atoms with Gasteiger partial charge in [0.1, 0.15) is 11.5 Å². The van der Waals surface area contributed by atoms with Gasteiger partial charge in [-0.15, -0.1) is 30.3 Å². The fraction of sp³-hybridized carbons (Fsp3) is 0.594. The number of aliphatic hydroxyl groups excluding tert-OH is 2. The van der Waals surface area contributed by atoms with Gasteiger partial charge in [0.05, 0.1) is 17.7 Å². The Hall–Kier alpha value is -1.52. The Kier molecular flexibility index (Phi) is 10.6. The van der Waals surface area contributed by atoms with Crippen LogP contribution in [0.3, 0.4) is 0 Å². The van der Waals surface area contributed by atoms with Crippen LogP contribution in [0.25, 0.3) is 22.6 Å². The van der Waals surface area contributed by atoms with E-state index < -0.39 is 0 Å². The molecule has 2 fully saturated rings. The van der Waals surface area contributed by atoms with E-state index in [-0.39, 0.29) is 49.1 Å². The summed E-state index contributed by atoms with van der Waals surface area (Å²) in [6.07, 6.45) is 9.37. The molecule has 3 aromatic rings. The van der Waals surface area contributed by atoms with Crippen molar-refractivity contribution in [1.82, 2.24) is 4.98 Å². The molecule has 37 heavy (non-hydrogen) atoms. The van der Waals surface area contributed by atoms with Crippen LogP contribution in [0.4, 0.5) is 0 Å². The third kappa shape index (κ3) is 5.91. The predicted molar refractivity (Wildman–Crippen MR) is 146 cm³/mol. The number of hydrogen-bond donors (Lipinski definition) is 2. The van der Waals surface area contributed by atoms with Gasteiger partial charge in [-0.25, -0.2) is 0 Å². The quantitative estimate of drug-likeness (QED) is 0.270. The molecule has 0 saturated heterocycles. The Balaban J connectivity index is 0.000000209. The molecule has 5 heteroatoms. The number of fused-ring (bicyclic) bond motifs is 2. The van der Waals surface area contributed by atoms with E-state index >= 15 is 0 Å². The first-order valence-corrected chi connectivity index (χ1v) is 14.1. The second kappa shape index (κ2) is 13.0. The topological polar surface area (TPSA) is 66.5 Å². The molecule has 4 atom stereocenters. The summed E-state index contributed by atoms with van der Waals surface area (Å²) in [5, 5.41) is 22.4. The number of aliphatic hydroxyl groups is 2. The van der Waals surface area contributed by atoms with Crippen molar-refractivity contribution in [3.63, 3.8) is 0 Å². The third-order valence-electron chi connectivity index (χ3n) is 9.84. The van der Waals surface area contributed by atoms with Crippen LogP contribution in [0, 0.1) is 28.7 Å². The van der Waals surface area contributed by atoms with E-state index in [1.807, 2.05) is 48.5 Å². The normalized spacial score (nSPS) is 26.2. The molecule has 1 radical (unpaired) electrons. The fourth-order valence-corrected chi connectivity index (χ4v) is 7.08. The molecule has 205 valence electrons. The number of hydrogen-bond acceptors (Lipinski definition) is 4. The van der Waals surface area contributed by atoms with Crippen LogP contribution < -0.4 is 0 Å². The van der Waals surface area contributed by atoms with Gasteiger partial charge >= 0.3 is 0 Å². The van der Waals surface area contributed by atoms with E-state index in [9.17, 15) is 10.2 Å². The number of aromatic nitrogens is 1. The Morgan fingerprint density at radius 2 is 1.49 bits per heavy atom. The summed E-state index contributed by atoms with van der Waals surface area (Å²) in [6.45, 7) is 8.86. The van der Waals surface area contributed by atoms with Crippen LogP contribution in [0.1, 0.15) is 85.5 Å². The van der Waals surface area contributed by atoms with Crippen LogP contribution in [0.2, 0.25) is 0 Å². The second-order valence-corrected chi connectivity index (χ2v) is 11.1. The zero-order chi connectivity index (χ0) is 25.8. The summed E-state index contributed by atoms with van der Waals surface area (Å²) in [4.78, 5) is 4.39. The van der Waals surface area contributed by atoms with Gasteiger partial charge in [0.2, 0.25) is 0 Å². The van der Waals surface area contributed by atoms with Gasteiger partial charge in [-0.2, -0.15) is 0 Å². The summed E-state index contributed by atoms with van der Waals surface area (Å²) < 4.78 is 5.61. The molecule has 1 heterocycles. The minimum absolute atomic E-state index is 0. The molecule has 0 spiro atoms. The van der Waals surface area contributed by atoms with Crippen LogP contribution >= 0.6 is 0 Å². The average Bonchev–Trinajstić information content (AvgIpc) is 3.31. The van der Waals surface area contributed by atoms with Crippen LogP contribution in [-0.2, 0) is 20.1 Å². The van der Waals surface area contributed by atoms with Crippen LogP contribution in [0.5, 0.6) is 0 Å². The monoisotopic (exact) mass is 683 g/mol. The summed E-state index contributed by atoms with van der Waals surface area (Å²) >= 11 is 0. The van der Waals surface area contributed by atoms with Crippen molar-refractivity contribution < 1.29 is 34.7 Å². The van der Waals surface area contributed by atoms with Gasteiger partial charge in [0.15, 0.2) is 0 Å². The molecule has 1 aromatic heterocycles. The maximum atomic E-state index is 11.2. The number of rotatable bonds is 5. The van der Waals surface area contributed by atoms with Crippen molar-refractivity contribution in [1.29, 1.82) is 0 Å². The Labute approximate surface area is 236 Å². The molecule has 0 amide bonds. The molecular weight excluding hydrogens is 639 g/mol. The Morgan fingerprint density at radius 1 is 0.865 bits per heavy atom. The van der Waals surface area contributed by atoms with E-state index in [1.165, 1.54) is 19.3 Å². The predicted octanol–water partition coefficient (Wildman–Crippen LogP) is 7.82. The smallest absolute Gasteiger partial charge is 0.141 e. The summed E-state index contributed by atoms with van der Waals surface area (Å²) in [5.41, 5.74) is 2.65. The number of benzene rings is 2. The molecule has 0 bridgehead atoms. The van der Waals surface area contributed by atoms with Gasteiger partial charge in [0.25, 0.3) is 0 Å². The standard InChI is InChI=1S/C19H36O2.C13H8NO.Ir/c1-5-18(6-2)12-9-10-14-11-13-19(7-3,8-4)17(21)15(14)16(18)20;1-2-6-10(7-3-1)13-14-11-8-4-5-9-12(11)15-13;/h14-17,20-21H,5-13H2,1-4H3;1-6,8-9H;/q;-1;. The number of para-hydroxylation sites is 2. The molecule has 2 aromatic carbocycles. The maximum Gasteiger partial charge on any atom is 0.141 e. The second-order valence-electron chi connectivity index (χ2n) is 11.1. The molecule has 2 saturated carbocycles. The van der Waals surface area contributed by atoms with Crippen molar-refractivity contribution >= 4 is 11.1 Å². The fourth-order valence-electron chi connectivity index (χ4n) is 7.08. The SMILES string of the molecule is CCC1(CC)CCCC2CCC(CC)(CC)C(O)C2C1O.[Ir].[c-]1ccccc1-c1nc2ccccc2o1. The van der Waals surface area contributed by atoms with E-state index in [0.717, 1.165) is 55.2 Å². The Bertz CT molecular complexity index is 1060. The van der Waals surface area contributed by atoms with E-state index in [4.69, 9.17) is 4.42 Å². The number of oxazole rings is 1. The molecule has 5 rings (SSSR count). The molecule has 4 nitrogen and oxygen atoms in total. The zero-order valence-corrected chi connectivity index (χ0v) is 25.3. The van der Waals surface area contributed by atoms with Crippen molar-refractivity contribution in [3.05, 3.63) is 54.6 Å². The van der Waals surface area contributed by atoms with Gasteiger partial charge < -0.3 is 14.6 Å². The molecule has 4 unspecified atom stereocenters. The number of nitrogens with zero attached hydrogens (tertiary/aromatic N) is 1. The van der Waals surface area contributed by atoms with E-state index in [2.05, 4.69) is 38.7 Å². The largest absolute Gasteiger partial charge is 0.481 e. The van der Waals surface area contributed by atoms with Crippen LogP contribution in [0.15, 0.2) is 52.9 Å². The Morgan fingerprint density at radius 3 is 2.08 bits per heavy atom. The summed E-state index contributed by atoms with van der Waals surface area (Å²) in [5.74, 6) is 1.25. The van der Waals surface area contributed by atoms with E-state index in [0.29, 0.717) is 11.8 Å². The average molecular weight is 683 g/mol. The van der Waals surface area contributed by atoms with Crippen molar-refractivity contribution in [3.8, 4) is 11.5 Å². The first kappa shape index (κ1) is 30.0. The molecule has 2 N–H and O–H groups in total. The minimum Gasteiger partial charge on any atom is -0.481 e. The third-order valence-corrected chi connectivity index (χ3v) is 9.84. The summed E-state index contributed by atoms with van der Waals surface area (Å²) in [6, 6.07) is 18.5. The summed E-state index contributed by atoms with van der Waals surface area (Å²) in [7, 11) is 0. The molecule has 2 aliphatic carbocycles. The maximum absolute atomic E-state index is 11.2. The van der Waals surface area contributed by atoms with Crippen LogP contribution in [-0.4, -0.2) is 27.4 Å². The minimum atomic E-state index is -0.326. The van der Waals surface area contributed by atoms with Gasteiger partial charge in [-0.1, -0.05) is 51.8 Å². The van der Waals surface area contributed by atoms with Crippen molar-refractivity contribution in [2.24, 2.45) is 22.7 Å². The first-order chi connectivity index (χ1) is 17.4. The molecule has 0 aliphatic heterocycles. The van der Waals surface area contributed by atoms with Crippen molar-refractivity contribution in [2.45, 2.75) is 97.7 Å².